The summed E-state index contributed by atoms with van der Waals surface area (Å²) in [6.07, 6.45) is -0.107. The number of nitriles is 1. The largest absolute Gasteiger partial charge is 0.416 e. The molecule has 10 heteroatoms. The summed E-state index contributed by atoms with van der Waals surface area (Å²) in [5.41, 5.74) is 0.428. The normalized spacial score (nSPS) is 16.3. The third kappa shape index (κ3) is 5.95. The third-order valence-electron chi connectivity index (χ3n) is 6.96. The maximum atomic E-state index is 13.0. The Balaban J connectivity index is 1.43. The van der Waals surface area contributed by atoms with Crippen molar-refractivity contribution in [1.82, 2.24) is 19.7 Å². The van der Waals surface area contributed by atoms with E-state index in [9.17, 15) is 28.3 Å². The quantitative estimate of drug-likeness (QED) is 0.452. The Morgan fingerprint density at radius 1 is 1.11 bits per heavy atom. The van der Waals surface area contributed by atoms with Gasteiger partial charge in [-0.1, -0.05) is 6.07 Å². The zero-order chi connectivity index (χ0) is 27.7. The van der Waals surface area contributed by atoms with E-state index in [1.807, 2.05) is 0 Å². The highest BCUT2D eigenvalue weighted by Gasteiger charge is 2.38. The molecule has 1 aromatic carbocycles. The Morgan fingerprint density at radius 2 is 1.76 bits per heavy atom. The van der Waals surface area contributed by atoms with Crippen LogP contribution in [0.4, 0.5) is 13.2 Å². The number of aliphatic hydroxyl groups is 1. The minimum atomic E-state index is -4.43. The van der Waals surface area contributed by atoms with Crippen LogP contribution in [0, 0.1) is 18.3 Å². The summed E-state index contributed by atoms with van der Waals surface area (Å²) in [6.45, 7) is 7.13. The van der Waals surface area contributed by atoms with Crippen LogP contribution in [0.15, 0.2) is 48.8 Å². The topological polar surface area (TPSA) is 95.0 Å². The fourth-order valence-electron chi connectivity index (χ4n) is 4.89. The number of hydrogen-bond donors (Lipinski definition) is 1. The predicted octanol–water partition coefficient (Wildman–Crippen LogP) is 4.65. The van der Waals surface area contributed by atoms with E-state index in [4.69, 9.17) is 0 Å². The van der Waals surface area contributed by atoms with Gasteiger partial charge in [0, 0.05) is 32.3 Å². The van der Waals surface area contributed by atoms with Gasteiger partial charge >= 0.3 is 6.18 Å². The smallest absolute Gasteiger partial charge is 0.389 e. The molecule has 200 valence electrons. The van der Waals surface area contributed by atoms with Crippen LogP contribution in [-0.4, -0.2) is 55.8 Å². The van der Waals surface area contributed by atoms with Gasteiger partial charge in [-0.3, -0.25) is 9.78 Å². The Hall–Kier alpha value is -3.55. The standard InChI is InChI=1S/C28H30F3N5O2/c1-19-23(16-34-36(19)22-7-5-21(6-8-22)28(29,30)31)24(37)14-20-4-9-25(33-15-20)27(17-32)10-12-35(13-11-27)18-26(2,3)38/h4-9,15-16,38H,10-14,18H2,1-3H3. The maximum Gasteiger partial charge on any atom is 0.416 e. The number of alkyl halides is 3. The van der Waals surface area contributed by atoms with Crippen LogP contribution in [-0.2, 0) is 18.0 Å². The van der Waals surface area contributed by atoms with Crippen molar-refractivity contribution in [3.63, 3.8) is 0 Å². The SMILES string of the molecule is Cc1c(C(=O)Cc2ccc(C3(C#N)CCN(CC(C)(C)O)CC3)nc2)cnn1-c1ccc(C(F)(F)F)cc1. The van der Waals surface area contributed by atoms with E-state index >= 15 is 0 Å². The highest BCUT2D eigenvalue weighted by Crippen LogP contribution is 2.34. The lowest BCUT2D eigenvalue weighted by atomic mass is 9.76. The lowest BCUT2D eigenvalue weighted by molar-refractivity contribution is -0.137. The van der Waals surface area contributed by atoms with Gasteiger partial charge in [0.25, 0.3) is 0 Å². The third-order valence-corrected chi connectivity index (χ3v) is 6.96. The van der Waals surface area contributed by atoms with Gasteiger partial charge in [0.05, 0.1) is 46.1 Å². The van der Waals surface area contributed by atoms with Gasteiger partial charge in [-0.05, 0) is 69.5 Å². The number of rotatable bonds is 7. The molecule has 1 N–H and O–H groups in total. The van der Waals surface area contributed by atoms with Crippen LogP contribution >= 0.6 is 0 Å². The van der Waals surface area contributed by atoms with Crippen LogP contribution < -0.4 is 0 Å². The highest BCUT2D eigenvalue weighted by atomic mass is 19.4. The summed E-state index contributed by atoms with van der Waals surface area (Å²) < 4.78 is 40.0. The molecule has 0 radical (unpaired) electrons. The van der Waals surface area contributed by atoms with Crippen molar-refractivity contribution in [3.8, 4) is 11.8 Å². The van der Waals surface area contributed by atoms with Crippen molar-refractivity contribution >= 4 is 5.78 Å². The number of nitrogens with zero attached hydrogens (tertiary/aromatic N) is 5. The fourth-order valence-corrected chi connectivity index (χ4v) is 4.89. The van der Waals surface area contributed by atoms with Gasteiger partial charge in [-0.2, -0.15) is 23.5 Å². The molecule has 38 heavy (non-hydrogen) atoms. The van der Waals surface area contributed by atoms with Crippen molar-refractivity contribution in [3.05, 3.63) is 76.9 Å². The van der Waals surface area contributed by atoms with Crippen LogP contribution in [0.5, 0.6) is 0 Å². The summed E-state index contributed by atoms with van der Waals surface area (Å²) in [5.74, 6) is -0.190. The molecule has 0 spiro atoms. The van der Waals surface area contributed by atoms with Crippen molar-refractivity contribution in [2.75, 3.05) is 19.6 Å². The summed E-state index contributed by atoms with van der Waals surface area (Å²) in [7, 11) is 0. The molecule has 0 atom stereocenters. The molecule has 1 fully saturated rings. The average molecular weight is 526 g/mol. The molecule has 2 aromatic heterocycles. The Kier molecular flexibility index (Phi) is 7.46. The van der Waals surface area contributed by atoms with Crippen molar-refractivity contribution in [2.24, 2.45) is 0 Å². The number of piperidine rings is 1. The van der Waals surface area contributed by atoms with Gasteiger partial charge in [0.15, 0.2) is 5.78 Å². The van der Waals surface area contributed by atoms with Gasteiger partial charge in [0.2, 0.25) is 0 Å². The van der Waals surface area contributed by atoms with Gasteiger partial charge in [-0.15, -0.1) is 0 Å². The Morgan fingerprint density at radius 3 is 2.29 bits per heavy atom. The first kappa shape index (κ1) is 27.5. The molecular weight excluding hydrogens is 495 g/mol. The number of ketones is 1. The number of benzene rings is 1. The first-order chi connectivity index (χ1) is 17.8. The van der Waals surface area contributed by atoms with Crippen molar-refractivity contribution in [2.45, 2.75) is 57.2 Å². The average Bonchev–Trinajstić information content (AvgIpc) is 3.25. The number of hydrogen-bond acceptors (Lipinski definition) is 6. The molecule has 7 nitrogen and oxygen atoms in total. The minimum absolute atomic E-state index is 0.0751. The lowest BCUT2D eigenvalue weighted by Crippen LogP contribution is -2.47. The van der Waals surface area contributed by atoms with Crippen LogP contribution in [0.25, 0.3) is 5.69 Å². The van der Waals surface area contributed by atoms with E-state index in [1.165, 1.54) is 23.0 Å². The van der Waals surface area contributed by atoms with E-state index in [2.05, 4.69) is 21.1 Å². The van der Waals surface area contributed by atoms with Crippen molar-refractivity contribution in [1.29, 1.82) is 5.26 Å². The first-order valence-corrected chi connectivity index (χ1v) is 12.4. The molecule has 1 saturated heterocycles. The zero-order valence-corrected chi connectivity index (χ0v) is 21.6. The second-order valence-corrected chi connectivity index (χ2v) is 10.5. The van der Waals surface area contributed by atoms with Crippen LogP contribution in [0.3, 0.4) is 0 Å². The molecule has 0 bridgehead atoms. The van der Waals surface area contributed by atoms with Crippen LogP contribution in [0.1, 0.15) is 59.6 Å². The molecule has 3 aromatic rings. The molecule has 0 saturated carbocycles. The van der Waals surface area contributed by atoms with Crippen molar-refractivity contribution < 1.29 is 23.1 Å². The number of halogens is 3. The van der Waals surface area contributed by atoms with Gasteiger partial charge in [0.1, 0.15) is 5.41 Å². The molecule has 0 amide bonds. The van der Waals surface area contributed by atoms with Crippen LogP contribution in [0.2, 0.25) is 0 Å². The zero-order valence-electron chi connectivity index (χ0n) is 21.6. The Labute approximate surface area is 219 Å². The minimum Gasteiger partial charge on any atom is -0.389 e. The van der Waals surface area contributed by atoms with E-state index in [-0.39, 0.29) is 12.2 Å². The van der Waals surface area contributed by atoms with E-state index in [1.54, 1.807) is 39.1 Å². The lowest BCUT2D eigenvalue weighted by Gasteiger charge is -2.39. The number of pyridine rings is 1. The second kappa shape index (κ2) is 10.3. The summed E-state index contributed by atoms with van der Waals surface area (Å²) in [5, 5.41) is 24.3. The Bertz CT molecular complexity index is 1330. The summed E-state index contributed by atoms with van der Waals surface area (Å²) in [6, 6.07) is 10.7. The monoisotopic (exact) mass is 525 g/mol. The first-order valence-electron chi connectivity index (χ1n) is 12.4. The molecule has 1 aliphatic heterocycles. The maximum absolute atomic E-state index is 13.0. The summed E-state index contributed by atoms with van der Waals surface area (Å²) >= 11 is 0. The number of carbonyl (C=O) groups excluding carboxylic acids is 1. The molecular formula is C28H30F3N5O2. The number of aromatic nitrogens is 3. The van der Waals surface area contributed by atoms with E-state index < -0.39 is 22.8 Å². The second-order valence-electron chi connectivity index (χ2n) is 10.5. The molecule has 0 unspecified atom stereocenters. The fraction of sp³-hybridized carbons (Fsp3) is 0.429. The van der Waals surface area contributed by atoms with E-state index in [0.717, 1.165) is 12.1 Å². The molecule has 4 rings (SSSR count). The highest BCUT2D eigenvalue weighted by molar-refractivity contribution is 5.98. The number of Topliss-reactive ketones (excluding diaryl/α,β-unsaturated/α-hetero) is 1. The van der Waals surface area contributed by atoms with E-state index in [0.29, 0.717) is 60.7 Å². The summed E-state index contributed by atoms with van der Waals surface area (Å²) in [4.78, 5) is 19.7. The van der Waals surface area contributed by atoms with Gasteiger partial charge in [-0.25, -0.2) is 4.68 Å². The van der Waals surface area contributed by atoms with Gasteiger partial charge < -0.3 is 10.0 Å². The molecule has 1 aliphatic rings. The number of carbonyl (C=O) groups is 1. The molecule has 3 heterocycles. The molecule has 0 aliphatic carbocycles. The number of β-amino-alcohol motifs (C(OH)–C–C–N with tert-alkyl or cyclic N) is 1. The predicted molar refractivity (Wildman–Crippen MR) is 135 cm³/mol. The number of likely N-dealkylation sites (tertiary alicyclic amines) is 1.